The highest BCUT2D eigenvalue weighted by molar-refractivity contribution is 14.1. The van der Waals surface area contributed by atoms with Gasteiger partial charge in [0.1, 0.15) is 0 Å². The van der Waals surface area contributed by atoms with Gasteiger partial charge >= 0.3 is 0 Å². The van der Waals surface area contributed by atoms with Crippen molar-refractivity contribution in [1.82, 2.24) is 4.90 Å². The Hall–Kier alpha value is -0.130. The summed E-state index contributed by atoms with van der Waals surface area (Å²) >= 11 is 1.61. The monoisotopic (exact) mass is 269 g/mol. The van der Waals surface area contributed by atoms with Crippen molar-refractivity contribution in [2.45, 2.75) is 33.2 Å². The van der Waals surface area contributed by atoms with E-state index in [1.807, 2.05) is 20.8 Å². The van der Waals surface area contributed by atoms with Crippen LogP contribution in [0.15, 0.2) is 0 Å². The van der Waals surface area contributed by atoms with Crippen LogP contribution in [0.5, 0.6) is 0 Å². The van der Waals surface area contributed by atoms with Gasteiger partial charge in [-0.1, -0.05) is 0 Å². The second-order valence-corrected chi connectivity index (χ2v) is 4.20. The third-order valence-corrected chi connectivity index (χ3v) is 1.64. The minimum atomic E-state index is -0.413. The van der Waals surface area contributed by atoms with Crippen LogP contribution in [0.4, 0.5) is 4.79 Å². The molecule has 0 spiro atoms. The highest BCUT2D eigenvalue weighted by Crippen LogP contribution is 2.16. The Kier molecular flexibility index (Phi) is 3.47. The second kappa shape index (κ2) is 3.51. The summed E-state index contributed by atoms with van der Waals surface area (Å²) < 4.78 is -0.234. The largest absolute Gasteiger partial charge is 0.290 e. The van der Waals surface area contributed by atoms with Crippen molar-refractivity contribution in [2.75, 3.05) is 0 Å². The summed E-state index contributed by atoms with van der Waals surface area (Å²) in [6, 6.07) is 0. The van der Waals surface area contributed by atoms with E-state index in [9.17, 15) is 9.59 Å². The van der Waals surface area contributed by atoms with E-state index in [4.69, 9.17) is 0 Å². The van der Waals surface area contributed by atoms with Crippen LogP contribution in [0.3, 0.4) is 0 Å². The SMILES string of the molecule is CC(=O)N(C(=O)I)C(C)(C)C. The molecule has 0 unspecified atom stereocenters. The highest BCUT2D eigenvalue weighted by Gasteiger charge is 2.27. The lowest BCUT2D eigenvalue weighted by molar-refractivity contribution is -0.128. The number of amides is 2. The lowest BCUT2D eigenvalue weighted by atomic mass is 10.1. The van der Waals surface area contributed by atoms with Gasteiger partial charge in [-0.05, 0) is 20.8 Å². The van der Waals surface area contributed by atoms with E-state index in [1.54, 1.807) is 22.6 Å². The van der Waals surface area contributed by atoms with Crippen LogP contribution in [-0.4, -0.2) is 20.3 Å². The zero-order valence-corrected chi connectivity index (χ0v) is 9.30. The summed E-state index contributed by atoms with van der Waals surface area (Å²) in [7, 11) is 0. The van der Waals surface area contributed by atoms with Crippen LogP contribution in [0.25, 0.3) is 0 Å². The lowest BCUT2D eigenvalue weighted by Crippen LogP contribution is -2.45. The second-order valence-electron chi connectivity index (χ2n) is 3.28. The summed E-state index contributed by atoms with van der Waals surface area (Å²) in [6.07, 6.45) is 0. The maximum atomic E-state index is 10.9. The minimum absolute atomic E-state index is 0.211. The molecular weight excluding hydrogens is 257 g/mol. The average Bonchev–Trinajstić information content (AvgIpc) is 1.54. The van der Waals surface area contributed by atoms with Gasteiger partial charge in [0, 0.05) is 35.1 Å². The number of nitrogens with zero attached hydrogens (tertiary/aromatic N) is 1. The summed E-state index contributed by atoms with van der Waals surface area (Å²) in [6.45, 7) is 6.86. The van der Waals surface area contributed by atoms with Crippen molar-refractivity contribution in [1.29, 1.82) is 0 Å². The van der Waals surface area contributed by atoms with Gasteiger partial charge in [-0.2, -0.15) is 0 Å². The summed E-state index contributed by atoms with van der Waals surface area (Å²) in [5.41, 5.74) is -0.413. The van der Waals surface area contributed by atoms with Crippen molar-refractivity contribution in [3.63, 3.8) is 0 Å². The molecule has 64 valence electrons. The number of hydrogen-bond donors (Lipinski definition) is 0. The number of carbonyl (C=O) groups is 2. The van der Waals surface area contributed by atoms with Gasteiger partial charge in [-0.3, -0.25) is 14.5 Å². The van der Waals surface area contributed by atoms with Crippen LogP contribution in [0, 0.1) is 0 Å². The Balaban J connectivity index is 4.63. The molecule has 0 aromatic rings. The number of halogens is 1. The molecule has 0 saturated heterocycles. The highest BCUT2D eigenvalue weighted by atomic mass is 127. The third-order valence-electron chi connectivity index (χ3n) is 1.16. The first-order chi connectivity index (χ1) is 4.76. The van der Waals surface area contributed by atoms with Crippen molar-refractivity contribution >= 4 is 32.4 Å². The van der Waals surface area contributed by atoms with Crippen LogP contribution in [0.2, 0.25) is 0 Å². The van der Waals surface area contributed by atoms with Crippen LogP contribution in [-0.2, 0) is 4.79 Å². The molecule has 0 heterocycles. The fourth-order valence-corrected chi connectivity index (χ4v) is 1.92. The normalized spacial score (nSPS) is 11.0. The Morgan fingerprint density at radius 1 is 1.27 bits per heavy atom. The molecular formula is C7H12INO2. The van der Waals surface area contributed by atoms with E-state index in [1.165, 1.54) is 11.8 Å². The summed E-state index contributed by atoms with van der Waals surface area (Å²) in [4.78, 5) is 23.1. The van der Waals surface area contributed by atoms with E-state index in [2.05, 4.69) is 0 Å². The molecule has 0 N–H and O–H groups in total. The first kappa shape index (κ1) is 10.9. The smallest absolute Gasteiger partial charge is 0.275 e. The van der Waals surface area contributed by atoms with Crippen molar-refractivity contribution < 1.29 is 9.59 Å². The van der Waals surface area contributed by atoms with Crippen molar-refractivity contribution in [3.05, 3.63) is 0 Å². The molecule has 0 aliphatic carbocycles. The van der Waals surface area contributed by atoms with Gasteiger partial charge in [-0.25, -0.2) is 0 Å². The Labute approximate surface area is 80.3 Å². The Bertz CT molecular complexity index is 169. The average molecular weight is 269 g/mol. The molecule has 11 heavy (non-hydrogen) atoms. The van der Waals surface area contributed by atoms with Gasteiger partial charge in [0.15, 0.2) is 0 Å². The molecule has 0 aliphatic rings. The zero-order valence-electron chi connectivity index (χ0n) is 7.14. The number of carbonyl (C=O) groups excluding carboxylic acids is 2. The maximum Gasteiger partial charge on any atom is 0.290 e. The Morgan fingerprint density at radius 2 is 1.64 bits per heavy atom. The molecule has 2 amide bonds. The molecule has 0 bridgehead atoms. The molecule has 0 atom stereocenters. The van der Waals surface area contributed by atoms with E-state index in [0.717, 1.165) is 0 Å². The first-order valence-electron chi connectivity index (χ1n) is 3.27. The van der Waals surface area contributed by atoms with Gasteiger partial charge in [-0.15, -0.1) is 0 Å². The predicted octanol–water partition coefficient (Wildman–Crippen LogP) is 2.19. The van der Waals surface area contributed by atoms with Crippen LogP contribution >= 0.6 is 22.6 Å². The number of rotatable bonds is 0. The fraction of sp³-hybridized carbons (Fsp3) is 0.714. The van der Waals surface area contributed by atoms with E-state index >= 15 is 0 Å². The molecule has 3 nitrogen and oxygen atoms in total. The summed E-state index contributed by atoms with van der Waals surface area (Å²) in [5.74, 6) is -0.211. The number of hydrogen-bond acceptors (Lipinski definition) is 2. The molecule has 0 aliphatic heterocycles. The zero-order chi connectivity index (χ0) is 9.23. The minimum Gasteiger partial charge on any atom is -0.275 e. The quantitative estimate of drug-likeness (QED) is 0.384. The van der Waals surface area contributed by atoms with Crippen molar-refractivity contribution in [2.24, 2.45) is 0 Å². The fourth-order valence-electron chi connectivity index (χ4n) is 0.860. The van der Waals surface area contributed by atoms with Crippen LogP contribution < -0.4 is 0 Å². The molecule has 0 aromatic heterocycles. The standard InChI is InChI=1S/C7H12INO2/c1-5(10)9(6(8)11)7(2,3)4/h1-4H3. The maximum absolute atomic E-state index is 10.9. The number of imide groups is 1. The van der Waals surface area contributed by atoms with Gasteiger partial charge in [0.25, 0.3) is 3.91 Å². The molecule has 0 radical (unpaired) electrons. The Morgan fingerprint density at radius 3 is 1.64 bits per heavy atom. The van der Waals surface area contributed by atoms with E-state index in [-0.39, 0.29) is 9.82 Å². The van der Waals surface area contributed by atoms with Gasteiger partial charge < -0.3 is 0 Å². The van der Waals surface area contributed by atoms with Crippen molar-refractivity contribution in [3.8, 4) is 0 Å². The molecule has 0 fully saturated rings. The van der Waals surface area contributed by atoms with E-state index < -0.39 is 5.54 Å². The predicted molar refractivity (Wildman–Crippen MR) is 51.7 cm³/mol. The third kappa shape index (κ3) is 3.18. The van der Waals surface area contributed by atoms with Crippen LogP contribution in [0.1, 0.15) is 27.7 Å². The molecule has 0 rings (SSSR count). The lowest BCUT2D eigenvalue weighted by Gasteiger charge is -2.30. The molecule has 0 saturated carbocycles. The first-order valence-corrected chi connectivity index (χ1v) is 4.35. The molecule has 0 aromatic carbocycles. The molecule has 4 heteroatoms. The van der Waals surface area contributed by atoms with Gasteiger partial charge in [0.2, 0.25) is 5.91 Å². The summed E-state index contributed by atoms with van der Waals surface area (Å²) in [5, 5.41) is 0. The van der Waals surface area contributed by atoms with E-state index in [0.29, 0.717) is 0 Å². The van der Waals surface area contributed by atoms with Gasteiger partial charge in [0.05, 0.1) is 0 Å². The topological polar surface area (TPSA) is 37.4 Å².